The number of nitrogens with zero attached hydrogens (tertiary/aromatic N) is 8. The number of alkyl halides is 3. The van der Waals surface area contributed by atoms with Crippen molar-refractivity contribution in [2.75, 3.05) is 36.9 Å². The molecule has 1 fully saturated rings. The topological polar surface area (TPSA) is 121 Å². The van der Waals surface area contributed by atoms with Gasteiger partial charge in [-0.3, -0.25) is 0 Å². The maximum absolute atomic E-state index is 12.9. The lowest BCUT2D eigenvalue weighted by Crippen LogP contribution is -2.37. The highest BCUT2D eigenvalue weighted by atomic mass is 19.4. The van der Waals surface area contributed by atoms with Gasteiger partial charge in [0.25, 0.3) is 5.95 Å². The van der Waals surface area contributed by atoms with Crippen LogP contribution in [0.2, 0.25) is 0 Å². The van der Waals surface area contributed by atoms with E-state index in [0.29, 0.717) is 37.8 Å². The van der Waals surface area contributed by atoms with E-state index in [-0.39, 0.29) is 17.7 Å². The third kappa shape index (κ3) is 3.69. The molecule has 4 rings (SSSR count). The van der Waals surface area contributed by atoms with Crippen molar-refractivity contribution in [3.05, 3.63) is 30.4 Å². The molecule has 3 aromatic heterocycles. The third-order valence-electron chi connectivity index (χ3n) is 3.92. The molecular formula is C15H14F3N9O. The summed E-state index contributed by atoms with van der Waals surface area (Å²) in [6.45, 7) is 2.05. The summed E-state index contributed by atoms with van der Waals surface area (Å²) in [5, 5.41) is 3.53. The lowest BCUT2D eigenvalue weighted by molar-refractivity contribution is -0.141. The first-order chi connectivity index (χ1) is 13.4. The Morgan fingerprint density at radius 3 is 2.32 bits per heavy atom. The number of halogens is 3. The van der Waals surface area contributed by atoms with Crippen LogP contribution in [0.1, 0.15) is 5.69 Å². The van der Waals surface area contributed by atoms with Gasteiger partial charge in [0.1, 0.15) is 0 Å². The second-order valence-corrected chi connectivity index (χ2v) is 5.83. The van der Waals surface area contributed by atoms with Gasteiger partial charge in [-0.1, -0.05) is 0 Å². The molecule has 0 aliphatic carbocycles. The summed E-state index contributed by atoms with van der Waals surface area (Å²) in [6.07, 6.45) is -0.576. The number of aromatic nitrogens is 7. The summed E-state index contributed by atoms with van der Waals surface area (Å²) in [5.41, 5.74) is 4.89. The fourth-order valence-corrected chi connectivity index (χ4v) is 2.53. The molecule has 0 spiro atoms. The van der Waals surface area contributed by atoms with Gasteiger partial charge in [0.2, 0.25) is 11.9 Å². The summed E-state index contributed by atoms with van der Waals surface area (Å²) in [7, 11) is 0. The van der Waals surface area contributed by atoms with Crippen LogP contribution >= 0.6 is 0 Å². The van der Waals surface area contributed by atoms with Gasteiger partial charge in [0.05, 0.1) is 18.8 Å². The molecule has 13 heteroatoms. The van der Waals surface area contributed by atoms with Crippen molar-refractivity contribution in [3.63, 3.8) is 0 Å². The minimum Gasteiger partial charge on any atom is -0.378 e. The monoisotopic (exact) mass is 393 g/mol. The smallest absolute Gasteiger partial charge is 0.378 e. The van der Waals surface area contributed by atoms with Gasteiger partial charge in [-0.15, -0.1) is 0 Å². The highest BCUT2D eigenvalue weighted by molar-refractivity contribution is 5.55. The number of rotatable bonds is 3. The molecule has 0 aromatic carbocycles. The molecule has 0 radical (unpaired) electrons. The highest BCUT2D eigenvalue weighted by Gasteiger charge is 2.34. The standard InChI is InChI=1S/C15H14F3N9O/c16-15(17,18)10-1-2-27(25-10)14-23-11(9-7-20-12(19)21-8-9)22-13(24-14)26-3-5-28-6-4-26/h1-2,7-8H,3-6H2,(H2,19,20,21). The van der Waals surface area contributed by atoms with E-state index in [4.69, 9.17) is 10.5 Å². The van der Waals surface area contributed by atoms with Gasteiger partial charge in [-0.25, -0.2) is 14.6 Å². The molecular weight excluding hydrogens is 379 g/mol. The zero-order chi connectivity index (χ0) is 19.7. The molecule has 28 heavy (non-hydrogen) atoms. The molecule has 1 aliphatic rings. The van der Waals surface area contributed by atoms with Crippen molar-refractivity contribution in [3.8, 4) is 17.3 Å². The molecule has 4 heterocycles. The van der Waals surface area contributed by atoms with Crippen LogP contribution in [0.15, 0.2) is 24.7 Å². The number of ether oxygens (including phenoxy) is 1. The number of nitrogen functional groups attached to an aromatic ring is 1. The lowest BCUT2D eigenvalue weighted by Gasteiger charge is -2.27. The average Bonchev–Trinajstić information content (AvgIpc) is 3.20. The Kier molecular flexibility index (Phi) is 4.50. The fourth-order valence-electron chi connectivity index (χ4n) is 2.53. The van der Waals surface area contributed by atoms with Gasteiger partial charge < -0.3 is 15.4 Å². The van der Waals surface area contributed by atoms with Crippen LogP contribution in [0.5, 0.6) is 0 Å². The first kappa shape index (κ1) is 18.0. The summed E-state index contributed by atoms with van der Waals surface area (Å²) in [4.78, 5) is 22.6. The second kappa shape index (κ2) is 6.99. The predicted octanol–water partition coefficient (Wildman–Crippen LogP) is 0.952. The van der Waals surface area contributed by atoms with E-state index >= 15 is 0 Å². The Bertz CT molecular complexity index is 968. The van der Waals surface area contributed by atoms with E-state index in [1.165, 1.54) is 12.4 Å². The zero-order valence-corrected chi connectivity index (χ0v) is 14.3. The van der Waals surface area contributed by atoms with E-state index in [9.17, 15) is 13.2 Å². The van der Waals surface area contributed by atoms with Crippen LogP contribution in [-0.4, -0.2) is 61.0 Å². The van der Waals surface area contributed by atoms with Crippen molar-refractivity contribution < 1.29 is 17.9 Å². The summed E-state index contributed by atoms with van der Waals surface area (Å²) in [5.74, 6) is 0.506. The minimum absolute atomic E-state index is 0.0567. The summed E-state index contributed by atoms with van der Waals surface area (Å²) < 4.78 is 44.9. The van der Waals surface area contributed by atoms with Gasteiger partial charge >= 0.3 is 6.18 Å². The van der Waals surface area contributed by atoms with Crippen molar-refractivity contribution in [1.29, 1.82) is 0 Å². The molecule has 0 bridgehead atoms. The fraction of sp³-hybridized carbons (Fsp3) is 0.333. The van der Waals surface area contributed by atoms with Crippen LogP contribution in [0.4, 0.5) is 25.1 Å². The largest absolute Gasteiger partial charge is 0.435 e. The van der Waals surface area contributed by atoms with Crippen molar-refractivity contribution in [2.24, 2.45) is 0 Å². The van der Waals surface area contributed by atoms with Gasteiger partial charge in [0, 0.05) is 31.7 Å². The molecule has 1 saturated heterocycles. The zero-order valence-electron chi connectivity index (χ0n) is 14.3. The Morgan fingerprint density at radius 2 is 1.68 bits per heavy atom. The second-order valence-electron chi connectivity index (χ2n) is 5.83. The van der Waals surface area contributed by atoms with E-state index in [2.05, 4.69) is 30.0 Å². The number of morpholine rings is 1. The Hall–Kier alpha value is -3.35. The van der Waals surface area contributed by atoms with Crippen LogP contribution in [-0.2, 0) is 10.9 Å². The SMILES string of the molecule is Nc1ncc(-c2nc(N3CCOCC3)nc(-n3ccc(C(F)(F)F)n3)n2)cn1. The molecule has 1 aliphatic heterocycles. The molecule has 10 nitrogen and oxygen atoms in total. The van der Waals surface area contributed by atoms with Crippen LogP contribution in [0.3, 0.4) is 0 Å². The normalized spacial score (nSPS) is 15.0. The first-order valence-electron chi connectivity index (χ1n) is 8.20. The highest BCUT2D eigenvalue weighted by Crippen LogP contribution is 2.28. The summed E-state index contributed by atoms with van der Waals surface area (Å²) >= 11 is 0. The quantitative estimate of drug-likeness (QED) is 0.693. The third-order valence-corrected chi connectivity index (χ3v) is 3.92. The minimum atomic E-state index is -4.57. The number of anilines is 2. The lowest BCUT2D eigenvalue weighted by atomic mass is 10.3. The average molecular weight is 393 g/mol. The first-order valence-corrected chi connectivity index (χ1v) is 8.20. The number of hydrogen-bond acceptors (Lipinski definition) is 9. The molecule has 0 saturated carbocycles. The molecule has 0 amide bonds. The molecule has 0 atom stereocenters. The molecule has 0 unspecified atom stereocenters. The van der Waals surface area contributed by atoms with E-state index in [0.717, 1.165) is 16.9 Å². The maximum Gasteiger partial charge on any atom is 0.435 e. The van der Waals surface area contributed by atoms with Crippen molar-refractivity contribution in [2.45, 2.75) is 6.18 Å². The Balaban J connectivity index is 1.79. The maximum atomic E-state index is 12.9. The molecule has 146 valence electrons. The van der Waals surface area contributed by atoms with Crippen LogP contribution in [0, 0.1) is 0 Å². The van der Waals surface area contributed by atoms with E-state index < -0.39 is 11.9 Å². The number of hydrogen-bond donors (Lipinski definition) is 1. The Labute approximate surface area is 156 Å². The van der Waals surface area contributed by atoms with Gasteiger partial charge in [-0.05, 0) is 6.07 Å². The van der Waals surface area contributed by atoms with Crippen LogP contribution in [0.25, 0.3) is 17.3 Å². The number of nitrogens with two attached hydrogens (primary N) is 1. The molecule has 2 N–H and O–H groups in total. The predicted molar refractivity (Wildman–Crippen MR) is 90.4 cm³/mol. The van der Waals surface area contributed by atoms with Gasteiger partial charge in [0.15, 0.2) is 11.5 Å². The Morgan fingerprint density at radius 1 is 1.00 bits per heavy atom. The summed E-state index contributed by atoms with van der Waals surface area (Å²) in [6, 6.07) is 0.851. The molecule has 3 aromatic rings. The van der Waals surface area contributed by atoms with Crippen molar-refractivity contribution in [1.82, 2.24) is 34.7 Å². The van der Waals surface area contributed by atoms with E-state index in [1.54, 1.807) is 0 Å². The van der Waals surface area contributed by atoms with E-state index in [1.807, 2.05) is 4.90 Å². The van der Waals surface area contributed by atoms with Gasteiger partial charge in [-0.2, -0.15) is 33.2 Å². The van der Waals surface area contributed by atoms with Crippen molar-refractivity contribution >= 4 is 11.9 Å². The van der Waals surface area contributed by atoms with Crippen LogP contribution < -0.4 is 10.6 Å².